The summed E-state index contributed by atoms with van der Waals surface area (Å²) in [6.07, 6.45) is 0.960. The lowest BCUT2D eigenvalue weighted by Gasteiger charge is -2.21. The number of benzene rings is 1. The molecule has 0 atom stereocenters. The maximum Gasteiger partial charge on any atom is 0.408 e. The number of rotatable bonds is 4. The first-order valence-corrected chi connectivity index (χ1v) is 8.17. The van der Waals surface area contributed by atoms with Crippen LogP contribution in [0.5, 0.6) is 0 Å². The highest BCUT2D eigenvalue weighted by atomic mass is 16.6. The lowest BCUT2D eigenvalue weighted by molar-refractivity contribution is -0.128. The van der Waals surface area contributed by atoms with E-state index in [0.717, 1.165) is 5.39 Å². The summed E-state index contributed by atoms with van der Waals surface area (Å²) in [5.74, 6) is -0.682. The van der Waals surface area contributed by atoms with E-state index < -0.39 is 17.6 Å². The minimum Gasteiger partial charge on any atom is -0.444 e. The number of nitrogen functional groups attached to an aromatic ring is 1. The lowest BCUT2D eigenvalue weighted by Crippen LogP contribution is -2.42. The van der Waals surface area contributed by atoms with Crippen molar-refractivity contribution in [3.8, 4) is 0 Å². The molecule has 0 saturated carbocycles. The number of hydrogen-bond donors (Lipinski definition) is 2. The highest BCUT2D eigenvalue weighted by Crippen LogP contribution is 2.18. The Balaban J connectivity index is 1.94. The van der Waals surface area contributed by atoms with Crippen molar-refractivity contribution in [2.24, 2.45) is 0 Å². The lowest BCUT2D eigenvalue weighted by atomic mass is 10.2. The minimum absolute atomic E-state index is 0.132. The van der Waals surface area contributed by atoms with Crippen molar-refractivity contribution in [1.82, 2.24) is 14.8 Å². The molecule has 0 aliphatic heterocycles. The van der Waals surface area contributed by atoms with Gasteiger partial charge in [0.1, 0.15) is 18.7 Å². The molecule has 0 aliphatic carbocycles. The quantitative estimate of drug-likeness (QED) is 0.809. The summed E-state index contributed by atoms with van der Waals surface area (Å²) in [6, 6.07) is 7.10. The average Bonchev–Trinajstić information content (AvgIpc) is 2.93. The Morgan fingerprint density at radius 1 is 1.23 bits per heavy atom. The van der Waals surface area contributed by atoms with Gasteiger partial charge in [0.15, 0.2) is 0 Å². The second-order valence-corrected chi connectivity index (χ2v) is 7.00. The van der Waals surface area contributed by atoms with Crippen molar-refractivity contribution in [2.75, 3.05) is 25.9 Å². The molecule has 0 fully saturated rings. The van der Waals surface area contributed by atoms with Gasteiger partial charge in [0.05, 0.1) is 5.52 Å². The van der Waals surface area contributed by atoms with Gasteiger partial charge in [0, 0.05) is 24.3 Å². The molecule has 8 heteroatoms. The van der Waals surface area contributed by atoms with Gasteiger partial charge in [-0.15, -0.1) is 0 Å². The van der Waals surface area contributed by atoms with Crippen LogP contribution in [0.2, 0.25) is 0 Å². The van der Waals surface area contributed by atoms with Crippen LogP contribution < -0.4 is 11.1 Å². The number of aromatic nitrogens is 1. The number of carbonyl (C=O) groups excluding carboxylic acids is 3. The number of anilines is 1. The number of fused-ring (bicyclic) bond motifs is 1. The third-order valence-corrected chi connectivity index (χ3v) is 3.57. The molecule has 26 heavy (non-hydrogen) atoms. The van der Waals surface area contributed by atoms with Crippen LogP contribution in [0, 0.1) is 0 Å². The molecule has 8 nitrogen and oxygen atoms in total. The van der Waals surface area contributed by atoms with E-state index in [1.165, 1.54) is 16.5 Å². The predicted molar refractivity (Wildman–Crippen MR) is 98.9 cm³/mol. The topological polar surface area (TPSA) is 107 Å². The molecular formula is C18H24N4O4. The van der Waals surface area contributed by atoms with E-state index in [1.54, 1.807) is 45.2 Å². The predicted octanol–water partition coefficient (Wildman–Crippen LogP) is 1.85. The van der Waals surface area contributed by atoms with Gasteiger partial charge in [0.25, 0.3) is 5.91 Å². The fourth-order valence-corrected chi connectivity index (χ4v) is 2.33. The number of amides is 2. The Morgan fingerprint density at radius 2 is 1.92 bits per heavy atom. The largest absolute Gasteiger partial charge is 0.444 e. The SMILES string of the molecule is CN(CC(=O)n1ccc2ccc(N)cc21)C(=O)CNC(=O)OC(C)(C)C. The van der Waals surface area contributed by atoms with Crippen LogP contribution in [0.15, 0.2) is 30.5 Å². The smallest absolute Gasteiger partial charge is 0.408 e. The average molecular weight is 360 g/mol. The van der Waals surface area contributed by atoms with Crippen molar-refractivity contribution in [3.63, 3.8) is 0 Å². The van der Waals surface area contributed by atoms with Gasteiger partial charge in [-0.3, -0.25) is 14.2 Å². The summed E-state index contributed by atoms with van der Waals surface area (Å²) >= 11 is 0. The van der Waals surface area contributed by atoms with Crippen LogP contribution >= 0.6 is 0 Å². The monoisotopic (exact) mass is 360 g/mol. The van der Waals surface area contributed by atoms with Crippen LogP contribution in [0.25, 0.3) is 10.9 Å². The Morgan fingerprint density at radius 3 is 2.58 bits per heavy atom. The summed E-state index contributed by atoms with van der Waals surface area (Å²) in [5.41, 5.74) is 6.36. The highest BCUT2D eigenvalue weighted by Gasteiger charge is 2.19. The fourth-order valence-electron chi connectivity index (χ4n) is 2.33. The summed E-state index contributed by atoms with van der Waals surface area (Å²) < 4.78 is 6.52. The van der Waals surface area contributed by atoms with Gasteiger partial charge in [-0.25, -0.2) is 4.79 Å². The van der Waals surface area contributed by atoms with E-state index in [4.69, 9.17) is 10.5 Å². The summed E-state index contributed by atoms with van der Waals surface area (Å²) in [4.78, 5) is 37.4. The standard InChI is InChI=1S/C18H24N4O4/c1-18(2,3)26-17(25)20-10-15(23)21(4)11-16(24)22-8-7-12-5-6-13(19)9-14(12)22/h5-9H,10-11,19H2,1-4H3,(H,20,25). The van der Waals surface area contributed by atoms with Crippen LogP contribution in [-0.2, 0) is 9.53 Å². The van der Waals surface area contributed by atoms with E-state index in [1.807, 2.05) is 6.07 Å². The number of nitrogens with one attached hydrogen (secondary N) is 1. The highest BCUT2D eigenvalue weighted by molar-refractivity contribution is 5.96. The molecule has 2 aromatic rings. The van der Waals surface area contributed by atoms with Gasteiger partial charge in [-0.05, 0) is 39.0 Å². The molecule has 140 valence electrons. The van der Waals surface area contributed by atoms with Gasteiger partial charge in [0.2, 0.25) is 5.91 Å². The van der Waals surface area contributed by atoms with Crippen molar-refractivity contribution < 1.29 is 19.1 Å². The zero-order valence-corrected chi connectivity index (χ0v) is 15.4. The zero-order valence-electron chi connectivity index (χ0n) is 15.4. The maximum absolute atomic E-state index is 12.5. The zero-order chi connectivity index (χ0) is 19.5. The van der Waals surface area contributed by atoms with Crippen molar-refractivity contribution in [1.29, 1.82) is 0 Å². The van der Waals surface area contributed by atoms with Gasteiger partial charge in [-0.1, -0.05) is 6.07 Å². The van der Waals surface area contributed by atoms with Crippen molar-refractivity contribution in [2.45, 2.75) is 26.4 Å². The number of ether oxygens (including phenoxy) is 1. The minimum atomic E-state index is -0.683. The van der Waals surface area contributed by atoms with E-state index in [0.29, 0.717) is 11.2 Å². The Bertz CT molecular complexity index is 835. The molecule has 0 radical (unpaired) electrons. The third kappa shape index (κ3) is 4.98. The normalized spacial score (nSPS) is 11.2. The number of likely N-dealkylation sites (N-methyl/N-ethyl adjacent to an activating group) is 1. The van der Waals surface area contributed by atoms with E-state index in [-0.39, 0.29) is 19.0 Å². The fraction of sp³-hybridized carbons (Fsp3) is 0.389. The van der Waals surface area contributed by atoms with E-state index >= 15 is 0 Å². The molecule has 0 unspecified atom stereocenters. The molecule has 2 amide bonds. The third-order valence-electron chi connectivity index (χ3n) is 3.57. The number of nitrogens with zero attached hydrogens (tertiary/aromatic N) is 2. The van der Waals surface area contributed by atoms with Crippen LogP contribution in [0.3, 0.4) is 0 Å². The second kappa shape index (κ2) is 7.47. The number of carbonyl (C=O) groups is 3. The molecule has 0 spiro atoms. The molecular weight excluding hydrogens is 336 g/mol. The van der Waals surface area contributed by atoms with Crippen LogP contribution in [-0.4, -0.2) is 53.1 Å². The molecule has 3 N–H and O–H groups in total. The summed E-state index contributed by atoms with van der Waals surface area (Å²) in [7, 11) is 1.50. The van der Waals surface area contributed by atoms with Gasteiger partial charge in [-0.2, -0.15) is 0 Å². The second-order valence-electron chi connectivity index (χ2n) is 7.00. The van der Waals surface area contributed by atoms with E-state index in [2.05, 4.69) is 5.32 Å². The van der Waals surface area contributed by atoms with Gasteiger partial charge < -0.3 is 20.7 Å². The Kier molecular flexibility index (Phi) is 5.54. The Labute approximate surface area is 151 Å². The first-order chi connectivity index (χ1) is 12.1. The maximum atomic E-state index is 12.5. The number of nitrogens with two attached hydrogens (primary N) is 1. The van der Waals surface area contributed by atoms with Crippen molar-refractivity contribution >= 4 is 34.5 Å². The van der Waals surface area contributed by atoms with Gasteiger partial charge >= 0.3 is 6.09 Å². The molecule has 2 rings (SSSR count). The number of alkyl carbamates (subject to hydrolysis) is 1. The molecule has 0 aliphatic rings. The Hall–Kier alpha value is -3.03. The molecule has 1 aromatic heterocycles. The van der Waals surface area contributed by atoms with Crippen LogP contribution in [0.1, 0.15) is 25.6 Å². The molecule has 1 aromatic carbocycles. The summed E-state index contributed by atoms with van der Waals surface area (Å²) in [5, 5.41) is 3.26. The van der Waals surface area contributed by atoms with E-state index in [9.17, 15) is 14.4 Å². The van der Waals surface area contributed by atoms with Crippen LogP contribution in [0.4, 0.5) is 10.5 Å². The van der Waals surface area contributed by atoms with Crippen molar-refractivity contribution in [3.05, 3.63) is 30.5 Å². The molecule has 0 bridgehead atoms. The molecule has 0 saturated heterocycles. The first kappa shape index (κ1) is 19.3. The summed E-state index contributed by atoms with van der Waals surface area (Å²) in [6.45, 7) is 4.81. The first-order valence-electron chi connectivity index (χ1n) is 8.17. The number of hydrogen-bond acceptors (Lipinski definition) is 5. The molecule has 1 heterocycles.